The van der Waals surface area contributed by atoms with Crippen molar-refractivity contribution in [3.63, 3.8) is 0 Å². The summed E-state index contributed by atoms with van der Waals surface area (Å²) in [5.74, 6) is -0.779. The van der Waals surface area contributed by atoms with Gasteiger partial charge in [0.25, 0.3) is 0 Å². The molecule has 0 aliphatic heterocycles. The topological polar surface area (TPSA) is 55.4 Å². The second-order valence-corrected chi connectivity index (χ2v) is 2.96. The van der Waals surface area contributed by atoms with Crippen molar-refractivity contribution in [2.45, 2.75) is 32.7 Å². The summed E-state index contributed by atoms with van der Waals surface area (Å²) in [6.45, 7) is 7.28. The van der Waals surface area contributed by atoms with Gasteiger partial charge < -0.3 is 10.1 Å². The van der Waals surface area contributed by atoms with Gasteiger partial charge in [-0.1, -0.05) is 19.9 Å². The molecule has 0 aliphatic carbocycles. The van der Waals surface area contributed by atoms with Gasteiger partial charge in [0.15, 0.2) is 0 Å². The number of unbranched alkanes of at least 4 members (excludes halogenated alkanes) is 1. The van der Waals surface area contributed by atoms with E-state index in [0.29, 0.717) is 6.61 Å². The van der Waals surface area contributed by atoms with Crippen molar-refractivity contribution >= 4 is 11.9 Å². The second-order valence-electron chi connectivity index (χ2n) is 2.96. The summed E-state index contributed by atoms with van der Waals surface area (Å²) in [5, 5.41) is 2.42. The molecule has 0 aromatic carbocycles. The minimum Gasteiger partial charge on any atom is -0.464 e. The lowest BCUT2D eigenvalue weighted by Crippen LogP contribution is -2.38. The van der Waals surface area contributed by atoms with Crippen molar-refractivity contribution in [2.75, 3.05) is 6.61 Å². The van der Waals surface area contributed by atoms with Crippen LogP contribution in [0.2, 0.25) is 0 Å². The van der Waals surface area contributed by atoms with Gasteiger partial charge in [-0.2, -0.15) is 0 Å². The summed E-state index contributed by atoms with van der Waals surface area (Å²) in [6, 6.07) is -0.614. The van der Waals surface area contributed by atoms with Gasteiger partial charge >= 0.3 is 5.97 Å². The van der Waals surface area contributed by atoms with Crippen molar-refractivity contribution in [1.29, 1.82) is 0 Å². The van der Waals surface area contributed by atoms with E-state index in [2.05, 4.69) is 11.9 Å². The normalized spacial score (nSPS) is 11.6. The van der Waals surface area contributed by atoms with Crippen LogP contribution in [0.1, 0.15) is 26.7 Å². The van der Waals surface area contributed by atoms with Gasteiger partial charge in [-0.05, 0) is 19.4 Å². The van der Waals surface area contributed by atoms with Crippen LogP contribution in [-0.4, -0.2) is 24.5 Å². The average molecular weight is 199 g/mol. The maximum absolute atomic E-state index is 11.2. The smallest absolute Gasteiger partial charge is 0.328 e. The summed E-state index contributed by atoms with van der Waals surface area (Å²) in [4.78, 5) is 22.0. The van der Waals surface area contributed by atoms with Crippen molar-refractivity contribution < 1.29 is 14.3 Å². The van der Waals surface area contributed by atoms with Crippen molar-refractivity contribution in [2.24, 2.45) is 0 Å². The minimum atomic E-state index is -0.614. The molecular weight excluding hydrogens is 182 g/mol. The van der Waals surface area contributed by atoms with Crippen molar-refractivity contribution in [3.05, 3.63) is 12.7 Å². The fourth-order valence-electron chi connectivity index (χ4n) is 0.773. The first kappa shape index (κ1) is 12.7. The van der Waals surface area contributed by atoms with Crippen molar-refractivity contribution in [1.82, 2.24) is 5.32 Å². The SMILES string of the molecule is C=CC(=O)NC(C)C(=O)OCCCC. The van der Waals surface area contributed by atoms with Crippen LogP contribution in [0.4, 0.5) is 0 Å². The Morgan fingerprint density at radius 2 is 2.21 bits per heavy atom. The van der Waals surface area contributed by atoms with Gasteiger partial charge in [-0.25, -0.2) is 4.79 Å². The molecule has 1 unspecified atom stereocenters. The maximum Gasteiger partial charge on any atom is 0.328 e. The molecule has 1 atom stereocenters. The molecule has 0 spiro atoms. The van der Waals surface area contributed by atoms with Gasteiger partial charge in [-0.15, -0.1) is 0 Å². The summed E-state index contributed by atoms with van der Waals surface area (Å²) >= 11 is 0. The lowest BCUT2D eigenvalue weighted by molar-refractivity contribution is -0.147. The van der Waals surface area contributed by atoms with E-state index >= 15 is 0 Å². The van der Waals surface area contributed by atoms with Crippen LogP contribution >= 0.6 is 0 Å². The Morgan fingerprint density at radius 3 is 2.71 bits per heavy atom. The van der Waals surface area contributed by atoms with Gasteiger partial charge in [0, 0.05) is 0 Å². The second kappa shape index (κ2) is 7.12. The number of nitrogens with one attached hydrogen (secondary N) is 1. The molecule has 0 saturated heterocycles. The molecule has 0 heterocycles. The molecule has 0 rings (SSSR count). The first-order chi connectivity index (χ1) is 6.61. The van der Waals surface area contributed by atoms with E-state index in [9.17, 15) is 9.59 Å². The van der Waals surface area contributed by atoms with E-state index in [-0.39, 0.29) is 5.91 Å². The first-order valence-corrected chi connectivity index (χ1v) is 4.71. The van der Waals surface area contributed by atoms with Gasteiger partial charge in [0.1, 0.15) is 6.04 Å². The van der Waals surface area contributed by atoms with Gasteiger partial charge in [-0.3, -0.25) is 4.79 Å². The Hall–Kier alpha value is -1.32. The van der Waals surface area contributed by atoms with Gasteiger partial charge in [0.05, 0.1) is 6.61 Å². The van der Waals surface area contributed by atoms with Crippen molar-refractivity contribution in [3.8, 4) is 0 Å². The Bertz CT molecular complexity index is 213. The maximum atomic E-state index is 11.2. The molecule has 0 bridgehead atoms. The van der Waals surface area contributed by atoms with Crippen LogP contribution in [0.15, 0.2) is 12.7 Å². The van der Waals surface area contributed by atoms with E-state index in [1.807, 2.05) is 6.92 Å². The summed E-state index contributed by atoms with van der Waals surface area (Å²) in [6.07, 6.45) is 2.93. The van der Waals surface area contributed by atoms with Crippen LogP contribution in [-0.2, 0) is 14.3 Å². The molecule has 0 aromatic heterocycles. The third kappa shape index (κ3) is 5.35. The molecule has 80 valence electrons. The largest absolute Gasteiger partial charge is 0.464 e. The predicted molar refractivity (Wildman–Crippen MR) is 53.7 cm³/mol. The third-order valence-corrected chi connectivity index (χ3v) is 1.64. The lowest BCUT2D eigenvalue weighted by atomic mass is 10.3. The molecule has 4 nitrogen and oxygen atoms in total. The van der Waals surface area contributed by atoms with E-state index in [0.717, 1.165) is 18.9 Å². The minimum absolute atomic E-state index is 0.370. The average Bonchev–Trinajstić information content (AvgIpc) is 2.17. The Labute approximate surface area is 84.3 Å². The highest BCUT2D eigenvalue weighted by molar-refractivity contribution is 5.90. The fraction of sp³-hybridized carbons (Fsp3) is 0.600. The van der Waals surface area contributed by atoms with E-state index in [4.69, 9.17) is 4.74 Å². The number of amides is 1. The zero-order valence-corrected chi connectivity index (χ0v) is 8.71. The first-order valence-electron chi connectivity index (χ1n) is 4.71. The molecule has 0 fully saturated rings. The van der Waals surface area contributed by atoms with Crippen LogP contribution in [0.5, 0.6) is 0 Å². The summed E-state index contributed by atoms with van der Waals surface area (Å²) < 4.78 is 4.90. The Morgan fingerprint density at radius 1 is 1.57 bits per heavy atom. The molecule has 0 radical (unpaired) electrons. The highest BCUT2D eigenvalue weighted by Gasteiger charge is 2.14. The number of rotatable bonds is 6. The highest BCUT2D eigenvalue weighted by atomic mass is 16.5. The van der Waals surface area contributed by atoms with E-state index in [1.54, 1.807) is 6.92 Å². The number of esters is 1. The van der Waals surface area contributed by atoms with Gasteiger partial charge in [0.2, 0.25) is 5.91 Å². The molecule has 14 heavy (non-hydrogen) atoms. The predicted octanol–water partition coefficient (Wildman–Crippen LogP) is 1.02. The molecule has 4 heteroatoms. The van der Waals surface area contributed by atoms with E-state index < -0.39 is 12.0 Å². The van der Waals surface area contributed by atoms with Crippen LogP contribution < -0.4 is 5.32 Å². The quantitative estimate of drug-likeness (QED) is 0.395. The molecule has 1 N–H and O–H groups in total. The number of hydrogen-bond acceptors (Lipinski definition) is 3. The monoisotopic (exact) mass is 199 g/mol. The lowest BCUT2D eigenvalue weighted by Gasteiger charge is -2.11. The molecule has 0 aliphatic rings. The summed E-state index contributed by atoms with van der Waals surface area (Å²) in [5.41, 5.74) is 0. The molecule has 1 amide bonds. The Balaban J connectivity index is 3.75. The third-order valence-electron chi connectivity index (χ3n) is 1.64. The number of carbonyl (C=O) groups is 2. The molecular formula is C10H17NO3. The standard InChI is InChI=1S/C10H17NO3/c1-4-6-7-14-10(13)8(3)11-9(12)5-2/h5,8H,2,4,6-7H2,1,3H3,(H,11,12). The Kier molecular flexibility index (Phi) is 6.45. The molecule has 0 aromatic rings. The zero-order valence-electron chi connectivity index (χ0n) is 8.71. The summed E-state index contributed by atoms with van der Waals surface area (Å²) in [7, 11) is 0. The zero-order chi connectivity index (χ0) is 11.0. The fourth-order valence-corrected chi connectivity index (χ4v) is 0.773. The molecule has 0 saturated carbocycles. The van der Waals surface area contributed by atoms with Crippen LogP contribution in [0.3, 0.4) is 0 Å². The van der Waals surface area contributed by atoms with E-state index in [1.165, 1.54) is 0 Å². The van der Waals surface area contributed by atoms with Crippen LogP contribution in [0, 0.1) is 0 Å². The number of carbonyl (C=O) groups excluding carboxylic acids is 2. The van der Waals surface area contributed by atoms with Crippen LogP contribution in [0.25, 0.3) is 0 Å². The number of hydrogen-bond donors (Lipinski definition) is 1. The highest BCUT2D eigenvalue weighted by Crippen LogP contribution is 1.92. The number of ether oxygens (including phenoxy) is 1.